The van der Waals surface area contributed by atoms with Crippen molar-refractivity contribution in [3.05, 3.63) is 18.2 Å². The summed E-state index contributed by atoms with van der Waals surface area (Å²) in [6.07, 6.45) is 5.18. The number of imidazole rings is 1. The van der Waals surface area contributed by atoms with Crippen LogP contribution in [0.1, 0.15) is 25.2 Å². The second-order valence-corrected chi connectivity index (χ2v) is 5.44. The van der Waals surface area contributed by atoms with Gasteiger partial charge in [0.25, 0.3) is 0 Å². The van der Waals surface area contributed by atoms with E-state index in [0.717, 1.165) is 11.1 Å². The van der Waals surface area contributed by atoms with E-state index < -0.39 is 6.55 Å². The Hall–Kier alpha value is -0.620. The molecular weight excluding hydrogens is 244 g/mol. The molecule has 17 heavy (non-hydrogen) atoms. The van der Waals surface area contributed by atoms with Gasteiger partial charge in [-0.3, -0.25) is 4.57 Å². The molecule has 2 rings (SSSR count). The Balaban J connectivity index is 1.75. The van der Waals surface area contributed by atoms with E-state index in [1.54, 1.807) is 0 Å². The highest BCUT2D eigenvalue weighted by Gasteiger charge is 2.14. The second kappa shape index (κ2) is 6.35. The summed E-state index contributed by atoms with van der Waals surface area (Å²) in [4.78, 5) is 3.94. The monoisotopic (exact) mass is 261 g/mol. The molecule has 0 radical (unpaired) electrons. The van der Waals surface area contributed by atoms with Crippen molar-refractivity contribution >= 4 is 11.8 Å². The van der Waals surface area contributed by atoms with Crippen LogP contribution in [0.4, 0.5) is 8.78 Å². The van der Waals surface area contributed by atoms with Gasteiger partial charge in [-0.1, -0.05) is 0 Å². The number of aromatic nitrogens is 2. The smallest absolute Gasteiger partial charge is 0.310 e. The summed E-state index contributed by atoms with van der Waals surface area (Å²) in [7, 11) is 0. The lowest BCUT2D eigenvalue weighted by Crippen LogP contribution is -2.26. The Labute approximate surface area is 104 Å². The fourth-order valence-corrected chi connectivity index (χ4v) is 3.20. The number of halogens is 2. The molecule has 0 unspecified atom stereocenters. The highest BCUT2D eigenvalue weighted by Crippen LogP contribution is 2.22. The molecule has 1 aliphatic heterocycles. The first-order chi connectivity index (χ1) is 8.27. The summed E-state index contributed by atoms with van der Waals surface area (Å²) in [5, 5.41) is 3.23. The Morgan fingerprint density at radius 3 is 2.94 bits per heavy atom. The van der Waals surface area contributed by atoms with Gasteiger partial charge in [0.05, 0.1) is 6.54 Å². The van der Waals surface area contributed by atoms with Gasteiger partial charge in [-0.2, -0.15) is 20.5 Å². The Morgan fingerprint density at radius 2 is 2.24 bits per heavy atom. The molecule has 0 aliphatic carbocycles. The molecule has 1 aliphatic rings. The maximum Gasteiger partial charge on any atom is 0.319 e. The molecule has 1 saturated heterocycles. The summed E-state index contributed by atoms with van der Waals surface area (Å²) in [6, 6.07) is 0. The van der Waals surface area contributed by atoms with Crippen LogP contribution in [0.25, 0.3) is 0 Å². The summed E-state index contributed by atoms with van der Waals surface area (Å²) >= 11 is 1.99. The molecule has 0 bridgehead atoms. The van der Waals surface area contributed by atoms with Crippen LogP contribution in [0.15, 0.2) is 12.4 Å². The minimum atomic E-state index is -2.50. The lowest BCUT2D eigenvalue weighted by Gasteiger charge is -2.21. The van der Waals surface area contributed by atoms with Gasteiger partial charge in [0, 0.05) is 12.4 Å². The van der Waals surface area contributed by atoms with Crippen molar-refractivity contribution in [1.82, 2.24) is 14.9 Å². The van der Waals surface area contributed by atoms with Crippen molar-refractivity contribution in [2.75, 3.05) is 18.1 Å². The van der Waals surface area contributed by atoms with Gasteiger partial charge in [-0.25, -0.2) is 4.98 Å². The molecular formula is C11H17F2N3S. The number of alkyl halides is 2. The van der Waals surface area contributed by atoms with Crippen LogP contribution in [-0.2, 0) is 6.54 Å². The van der Waals surface area contributed by atoms with Gasteiger partial charge in [0.1, 0.15) is 5.82 Å². The minimum Gasteiger partial charge on any atom is -0.310 e. The van der Waals surface area contributed by atoms with Crippen molar-refractivity contribution in [3.63, 3.8) is 0 Å². The fourth-order valence-electron chi connectivity index (χ4n) is 2.00. The first-order valence-electron chi connectivity index (χ1n) is 5.85. The zero-order valence-corrected chi connectivity index (χ0v) is 10.4. The predicted molar refractivity (Wildman–Crippen MR) is 65.2 cm³/mol. The highest BCUT2D eigenvalue weighted by atomic mass is 32.2. The molecule has 96 valence electrons. The number of hydrogen-bond donors (Lipinski definition) is 1. The lowest BCUT2D eigenvalue weighted by molar-refractivity contribution is 0.0666. The van der Waals surface area contributed by atoms with E-state index in [1.165, 1.54) is 36.7 Å². The van der Waals surface area contributed by atoms with Gasteiger partial charge >= 0.3 is 6.55 Å². The number of nitrogens with one attached hydrogen (secondary N) is 1. The average molecular weight is 261 g/mol. The molecule has 1 fully saturated rings. The quantitative estimate of drug-likeness (QED) is 0.883. The first kappa shape index (κ1) is 12.8. The van der Waals surface area contributed by atoms with E-state index in [0.29, 0.717) is 18.3 Å². The van der Waals surface area contributed by atoms with Crippen molar-refractivity contribution < 1.29 is 8.78 Å². The fraction of sp³-hybridized carbons (Fsp3) is 0.727. The lowest BCUT2D eigenvalue weighted by atomic mass is 10.0. The normalized spacial score (nSPS) is 17.8. The zero-order chi connectivity index (χ0) is 12.1. The number of hydrogen-bond acceptors (Lipinski definition) is 3. The van der Waals surface area contributed by atoms with Gasteiger partial charge in [0.2, 0.25) is 0 Å². The topological polar surface area (TPSA) is 29.9 Å². The molecule has 1 aromatic rings. The van der Waals surface area contributed by atoms with Crippen molar-refractivity contribution in [2.24, 2.45) is 5.92 Å². The predicted octanol–water partition coefficient (Wildman–Crippen LogP) is 2.51. The maximum absolute atomic E-state index is 12.5. The number of rotatable bonds is 5. The molecule has 2 heterocycles. The maximum atomic E-state index is 12.5. The van der Waals surface area contributed by atoms with Crippen molar-refractivity contribution in [3.8, 4) is 0 Å². The molecule has 3 nitrogen and oxygen atoms in total. The van der Waals surface area contributed by atoms with E-state index in [2.05, 4.69) is 10.3 Å². The van der Waals surface area contributed by atoms with Crippen LogP contribution in [0, 0.1) is 5.92 Å². The third-order valence-electron chi connectivity index (χ3n) is 3.02. The van der Waals surface area contributed by atoms with Crippen LogP contribution >= 0.6 is 11.8 Å². The van der Waals surface area contributed by atoms with E-state index in [-0.39, 0.29) is 0 Å². The summed E-state index contributed by atoms with van der Waals surface area (Å²) in [6.45, 7) is -1.18. The Bertz CT molecular complexity index is 337. The van der Waals surface area contributed by atoms with E-state index in [4.69, 9.17) is 0 Å². The molecule has 0 spiro atoms. The van der Waals surface area contributed by atoms with Crippen LogP contribution in [0.3, 0.4) is 0 Å². The van der Waals surface area contributed by atoms with Gasteiger partial charge in [-0.15, -0.1) is 0 Å². The number of nitrogens with zero attached hydrogens (tertiary/aromatic N) is 2. The van der Waals surface area contributed by atoms with E-state index >= 15 is 0 Å². The van der Waals surface area contributed by atoms with Crippen LogP contribution in [0.5, 0.6) is 0 Å². The SMILES string of the molecule is FC(F)n1ccnc1CNCC1CCSCC1. The van der Waals surface area contributed by atoms with Crippen LogP contribution in [0.2, 0.25) is 0 Å². The summed E-state index contributed by atoms with van der Waals surface area (Å²) in [5.74, 6) is 3.53. The summed E-state index contributed by atoms with van der Waals surface area (Å²) < 4.78 is 26.0. The van der Waals surface area contributed by atoms with Crippen molar-refractivity contribution in [1.29, 1.82) is 0 Å². The summed E-state index contributed by atoms with van der Waals surface area (Å²) in [5.41, 5.74) is 0. The highest BCUT2D eigenvalue weighted by molar-refractivity contribution is 7.99. The van der Waals surface area contributed by atoms with E-state index in [9.17, 15) is 8.78 Å². The molecule has 6 heteroatoms. The first-order valence-corrected chi connectivity index (χ1v) is 7.01. The Kier molecular flexibility index (Phi) is 4.79. The Morgan fingerprint density at radius 1 is 1.47 bits per heavy atom. The van der Waals surface area contributed by atoms with E-state index in [1.807, 2.05) is 11.8 Å². The van der Waals surface area contributed by atoms with Gasteiger partial charge in [-0.05, 0) is 36.8 Å². The molecule has 0 atom stereocenters. The molecule has 0 aromatic carbocycles. The third kappa shape index (κ3) is 3.67. The molecule has 1 aromatic heterocycles. The van der Waals surface area contributed by atoms with Gasteiger partial charge < -0.3 is 5.32 Å². The zero-order valence-electron chi connectivity index (χ0n) is 9.61. The minimum absolute atomic E-state index is 0.408. The standard InChI is InChI=1S/C11H17F2N3S/c12-11(13)16-4-3-15-10(16)8-14-7-9-1-5-17-6-2-9/h3-4,9,11,14H,1-2,5-8H2. The van der Waals surface area contributed by atoms with Gasteiger partial charge in [0.15, 0.2) is 0 Å². The third-order valence-corrected chi connectivity index (χ3v) is 4.06. The largest absolute Gasteiger partial charge is 0.319 e. The molecule has 1 N–H and O–H groups in total. The van der Waals surface area contributed by atoms with Crippen LogP contribution in [-0.4, -0.2) is 27.6 Å². The molecule has 0 saturated carbocycles. The van der Waals surface area contributed by atoms with Crippen LogP contribution < -0.4 is 5.32 Å². The number of thioether (sulfide) groups is 1. The second-order valence-electron chi connectivity index (χ2n) is 4.22. The van der Waals surface area contributed by atoms with Crippen molar-refractivity contribution in [2.45, 2.75) is 25.9 Å². The molecule has 0 amide bonds. The average Bonchev–Trinajstić information content (AvgIpc) is 2.79.